The van der Waals surface area contributed by atoms with Crippen molar-refractivity contribution in [2.75, 3.05) is 0 Å². The predicted molar refractivity (Wildman–Crippen MR) is 75.4 cm³/mol. The number of rotatable bonds is 4. The fraction of sp³-hybridized carbons (Fsp3) is 0.0714. The van der Waals surface area contributed by atoms with E-state index < -0.39 is 27.4 Å². The third-order valence-electron chi connectivity index (χ3n) is 2.92. The molecule has 0 amide bonds. The van der Waals surface area contributed by atoms with Gasteiger partial charge in [-0.2, -0.15) is 18.6 Å². The van der Waals surface area contributed by atoms with E-state index in [1.165, 1.54) is 18.2 Å². The number of nitrogens with zero attached hydrogens (tertiary/aromatic N) is 2. The average Bonchev–Trinajstić information content (AvgIpc) is 2.46. The van der Waals surface area contributed by atoms with E-state index >= 15 is 0 Å². The zero-order valence-electron chi connectivity index (χ0n) is 13.8. The Balaban J connectivity index is 0.00000288. The first-order valence-electron chi connectivity index (χ1n) is 6.21. The number of hydrogen-bond donors (Lipinski definition) is 1. The van der Waals surface area contributed by atoms with Crippen molar-refractivity contribution in [3.05, 3.63) is 47.5 Å². The van der Waals surface area contributed by atoms with Gasteiger partial charge in [0.05, 0.1) is 22.2 Å². The van der Waals surface area contributed by atoms with Gasteiger partial charge >= 0.3 is 59.1 Å². The largest absolute Gasteiger partial charge is 1.00 e. The molecule has 2 aromatic rings. The summed E-state index contributed by atoms with van der Waals surface area (Å²) in [4.78, 5) is 10.5. The van der Waals surface area contributed by atoms with Crippen LogP contribution >= 0.6 is 0 Å². The molecule has 0 saturated carbocycles. The van der Waals surface area contributed by atoms with E-state index in [9.17, 15) is 23.4 Å². The molecule has 0 aliphatic heterocycles. The minimum Gasteiger partial charge on any atom is -0.872 e. The fourth-order valence-corrected chi connectivity index (χ4v) is 2.32. The Morgan fingerprint density at radius 2 is 1.72 bits per heavy atom. The van der Waals surface area contributed by atoms with Gasteiger partial charge in [-0.3, -0.25) is 4.55 Å². The SMILES string of the molecule is Cc1cc(S(=O)(=O)O)ccc1N=Nc1ccc([O-])c(C(=O)[O-])c1.[Na+].[Na+]. The first kappa shape index (κ1) is 24.2. The zero-order valence-corrected chi connectivity index (χ0v) is 18.6. The Labute approximate surface area is 188 Å². The second-order valence-corrected chi connectivity index (χ2v) is 6.01. The second-order valence-electron chi connectivity index (χ2n) is 4.59. The van der Waals surface area contributed by atoms with Crippen LogP contribution in [-0.2, 0) is 10.1 Å². The van der Waals surface area contributed by atoms with Crippen LogP contribution in [0, 0.1) is 6.92 Å². The van der Waals surface area contributed by atoms with E-state index in [0.717, 1.165) is 18.2 Å². The van der Waals surface area contributed by atoms with Crippen molar-refractivity contribution < 1.29 is 87.1 Å². The summed E-state index contributed by atoms with van der Waals surface area (Å²) in [5, 5.41) is 29.7. The van der Waals surface area contributed by atoms with Gasteiger partial charge < -0.3 is 15.0 Å². The first-order chi connectivity index (χ1) is 10.7. The van der Waals surface area contributed by atoms with Crippen LogP contribution in [0.3, 0.4) is 0 Å². The van der Waals surface area contributed by atoms with Crippen LogP contribution in [0.2, 0.25) is 0 Å². The Hall–Kier alpha value is -0.780. The van der Waals surface area contributed by atoms with Gasteiger partial charge in [0, 0.05) is 0 Å². The molecule has 0 bridgehead atoms. The van der Waals surface area contributed by atoms with Crippen LogP contribution in [0.25, 0.3) is 0 Å². The third-order valence-corrected chi connectivity index (χ3v) is 3.77. The summed E-state index contributed by atoms with van der Waals surface area (Å²) < 4.78 is 31.0. The standard InChI is InChI=1S/C14H12N2O6S.2Na/c1-8-6-10(23(20,21)22)3-4-12(8)16-15-9-2-5-13(17)11(7-9)14(18)19;;/h2-7,17H,1H3,(H,18,19)(H,20,21,22);;/q;2*+1/p-2. The normalized spacial score (nSPS) is 10.8. The van der Waals surface area contributed by atoms with Crippen molar-refractivity contribution in [3.63, 3.8) is 0 Å². The van der Waals surface area contributed by atoms with Gasteiger partial charge in [0.2, 0.25) is 0 Å². The van der Waals surface area contributed by atoms with Crippen molar-refractivity contribution >= 4 is 27.5 Å². The maximum absolute atomic E-state index is 11.3. The number of aromatic carboxylic acids is 1. The number of carboxylic acid groups (broad SMARTS) is 1. The van der Waals surface area contributed by atoms with Gasteiger partial charge in [0.25, 0.3) is 10.1 Å². The maximum Gasteiger partial charge on any atom is 1.00 e. The van der Waals surface area contributed by atoms with E-state index in [4.69, 9.17) is 4.55 Å². The van der Waals surface area contributed by atoms with Gasteiger partial charge in [-0.15, -0.1) is 0 Å². The molecule has 0 aliphatic carbocycles. The Kier molecular flexibility index (Phi) is 9.48. The van der Waals surface area contributed by atoms with Crippen LogP contribution < -0.4 is 69.3 Å². The number of aryl methyl sites for hydroxylation is 1. The van der Waals surface area contributed by atoms with Crippen molar-refractivity contribution in [2.24, 2.45) is 10.2 Å². The van der Waals surface area contributed by atoms with Crippen molar-refractivity contribution in [1.29, 1.82) is 0 Å². The third kappa shape index (κ3) is 6.46. The topological polar surface area (TPSA) is 142 Å². The molecule has 0 saturated heterocycles. The Morgan fingerprint density at radius 3 is 2.24 bits per heavy atom. The van der Waals surface area contributed by atoms with Gasteiger partial charge in [-0.25, -0.2) is 0 Å². The van der Waals surface area contributed by atoms with Crippen LogP contribution in [0.1, 0.15) is 15.9 Å². The average molecular weight is 380 g/mol. The summed E-state index contributed by atoms with van der Waals surface area (Å²) in [5.41, 5.74) is 0.352. The Morgan fingerprint density at radius 1 is 1.08 bits per heavy atom. The minimum absolute atomic E-state index is 0. The molecular formula is C14H10N2Na2O6S. The molecule has 0 aromatic heterocycles. The van der Waals surface area contributed by atoms with Gasteiger partial charge in [-0.1, -0.05) is 11.8 Å². The molecular weight excluding hydrogens is 370 g/mol. The molecule has 0 aliphatic rings. The van der Waals surface area contributed by atoms with Gasteiger partial charge in [0.1, 0.15) is 0 Å². The molecule has 0 fully saturated rings. The van der Waals surface area contributed by atoms with Crippen LogP contribution in [0.4, 0.5) is 11.4 Å². The van der Waals surface area contributed by atoms with Crippen molar-refractivity contribution in [2.45, 2.75) is 11.8 Å². The van der Waals surface area contributed by atoms with Crippen LogP contribution in [0.5, 0.6) is 5.75 Å². The summed E-state index contributed by atoms with van der Waals surface area (Å²) in [6.45, 7) is 1.57. The van der Waals surface area contributed by atoms with E-state index in [-0.39, 0.29) is 69.7 Å². The number of carbonyl (C=O) groups excluding carboxylic acids is 1. The van der Waals surface area contributed by atoms with E-state index in [1.807, 2.05) is 0 Å². The van der Waals surface area contributed by atoms with Crippen LogP contribution in [-0.4, -0.2) is 18.9 Å². The second kappa shape index (κ2) is 9.79. The van der Waals surface area contributed by atoms with Crippen LogP contribution in [0.15, 0.2) is 51.5 Å². The van der Waals surface area contributed by atoms with E-state index in [0.29, 0.717) is 11.3 Å². The van der Waals surface area contributed by atoms with Gasteiger partial charge in [0.15, 0.2) is 0 Å². The van der Waals surface area contributed by atoms with E-state index in [2.05, 4.69) is 10.2 Å². The summed E-state index contributed by atoms with van der Waals surface area (Å²) in [7, 11) is -4.31. The summed E-state index contributed by atoms with van der Waals surface area (Å²) in [5.74, 6) is -2.31. The molecule has 0 unspecified atom stereocenters. The summed E-state index contributed by atoms with van der Waals surface area (Å²) in [6.07, 6.45) is 0. The predicted octanol–water partition coefficient (Wildman–Crippen LogP) is -4.90. The van der Waals surface area contributed by atoms with Crippen molar-refractivity contribution in [1.82, 2.24) is 0 Å². The molecule has 1 N–H and O–H groups in total. The van der Waals surface area contributed by atoms with Gasteiger partial charge in [-0.05, 0) is 48.4 Å². The monoisotopic (exact) mass is 380 g/mol. The molecule has 0 atom stereocenters. The smallest absolute Gasteiger partial charge is 0.872 e. The molecule has 2 aromatic carbocycles. The molecule has 8 nitrogen and oxygen atoms in total. The van der Waals surface area contributed by atoms with E-state index in [1.54, 1.807) is 6.92 Å². The molecule has 2 rings (SSSR count). The first-order valence-corrected chi connectivity index (χ1v) is 7.65. The number of carbonyl (C=O) groups is 1. The summed E-state index contributed by atoms with van der Waals surface area (Å²) >= 11 is 0. The number of hydrogen-bond acceptors (Lipinski definition) is 7. The fourth-order valence-electron chi connectivity index (χ4n) is 1.75. The number of benzene rings is 2. The molecule has 0 radical (unpaired) electrons. The minimum atomic E-state index is -4.31. The Bertz CT molecular complexity index is 916. The molecule has 25 heavy (non-hydrogen) atoms. The zero-order chi connectivity index (χ0) is 17.2. The number of carboxylic acids is 1. The maximum atomic E-state index is 11.3. The summed E-state index contributed by atoms with van der Waals surface area (Å²) in [6, 6.07) is 7.07. The molecule has 0 spiro atoms. The molecule has 120 valence electrons. The quantitative estimate of drug-likeness (QED) is 0.320. The number of azo groups is 1. The molecule has 0 heterocycles. The van der Waals surface area contributed by atoms with Crippen molar-refractivity contribution in [3.8, 4) is 5.75 Å². The molecule has 11 heteroatoms.